The lowest BCUT2D eigenvalue weighted by Gasteiger charge is -2.14. The predicted molar refractivity (Wildman–Crippen MR) is 52.9 cm³/mol. The molecule has 1 aliphatic rings. The lowest BCUT2D eigenvalue weighted by Crippen LogP contribution is -2.30. The van der Waals surface area contributed by atoms with Crippen LogP contribution in [0.2, 0.25) is 0 Å². The molecule has 0 saturated carbocycles. The summed E-state index contributed by atoms with van der Waals surface area (Å²) in [6.45, 7) is 4.70. The third kappa shape index (κ3) is 1.73. The van der Waals surface area contributed by atoms with Gasteiger partial charge in [-0.2, -0.15) is 0 Å². The third-order valence-corrected chi connectivity index (χ3v) is 2.46. The average molecular weight is 195 g/mol. The van der Waals surface area contributed by atoms with Gasteiger partial charge in [-0.25, -0.2) is 4.39 Å². The second kappa shape index (κ2) is 3.58. The first-order valence-electron chi connectivity index (χ1n) is 4.85. The summed E-state index contributed by atoms with van der Waals surface area (Å²) in [6, 6.07) is 5.09. The van der Waals surface area contributed by atoms with Crippen LogP contribution in [0.5, 0.6) is 5.75 Å². The van der Waals surface area contributed by atoms with E-state index in [0.717, 1.165) is 11.3 Å². The van der Waals surface area contributed by atoms with Gasteiger partial charge in [0, 0.05) is 17.6 Å². The third-order valence-electron chi connectivity index (χ3n) is 2.46. The van der Waals surface area contributed by atoms with Gasteiger partial charge in [-0.1, -0.05) is 0 Å². The molecule has 0 aromatic heterocycles. The van der Waals surface area contributed by atoms with E-state index in [1.807, 2.05) is 6.92 Å². The molecule has 0 aliphatic carbocycles. The summed E-state index contributed by atoms with van der Waals surface area (Å²) < 4.78 is 18.6. The Morgan fingerprint density at radius 3 is 3.00 bits per heavy atom. The van der Waals surface area contributed by atoms with E-state index in [9.17, 15) is 4.39 Å². The topological polar surface area (TPSA) is 21.3 Å². The zero-order valence-electron chi connectivity index (χ0n) is 8.38. The molecule has 1 aromatic rings. The molecule has 2 unspecified atom stereocenters. The second-order valence-corrected chi connectivity index (χ2v) is 3.78. The number of ether oxygens (including phenoxy) is 1. The highest BCUT2D eigenvalue weighted by Crippen LogP contribution is 2.28. The SMILES string of the molecule is CC1COc2ccc(F)cc2C(C)N1. The quantitative estimate of drug-likeness (QED) is 0.685. The molecule has 0 saturated heterocycles. The molecule has 2 atom stereocenters. The van der Waals surface area contributed by atoms with Crippen molar-refractivity contribution in [2.45, 2.75) is 25.9 Å². The van der Waals surface area contributed by atoms with Crippen molar-refractivity contribution in [1.29, 1.82) is 0 Å². The summed E-state index contributed by atoms with van der Waals surface area (Å²) in [5.74, 6) is 0.575. The van der Waals surface area contributed by atoms with Crippen LogP contribution in [-0.4, -0.2) is 12.6 Å². The maximum Gasteiger partial charge on any atom is 0.124 e. The van der Waals surface area contributed by atoms with Crippen LogP contribution in [-0.2, 0) is 0 Å². The van der Waals surface area contributed by atoms with Gasteiger partial charge >= 0.3 is 0 Å². The highest BCUT2D eigenvalue weighted by molar-refractivity contribution is 5.37. The van der Waals surface area contributed by atoms with Gasteiger partial charge in [0.2, 0.25) is 0 Å². The van der Waals surface area contributed by atoms with E-state index in [0.29, 0.717) is 12.6 Å². The maximum absolute atomic E-state index is 13.0. The molecule has 1 aliphatic heterocycles. The van der Waals surface area contributed by atoms with E-state index < -0.39 is 0 Å². The molecule has 0 amide bonds. The number of halogens is 1. The van der Waals surface area contributed by atoms with E-state index in [2.05, 4.69) is 12.2 Å². The number of hydrogen-bond acceptors (Lipinski definition) is 2. The standard InChI is InChI=1S/C11H14FNO/c1-7-6-14-11-4-3-9(12)5-10(11)8(2)13-7/h3-5,7-8,13H,6H2,1-2H3. The van der Waals surface area contributed by atoms with Crippen molar-refractivity contribution in [1.82, 2.24) is 5.32 Å². The molecule has 1 N–H and O–H groups in total. The highest BCUT2D eigenvalue weighted by Gasteiger charge is 2.19. The fraction of sp³-hybridized carbons (Fsp3) is 0.455. The highest BCUT2D eigenvalue weighted by atomic mass is 19.1. The van der Waals surface area contributed by atoms with E-state index in [1.165, 1.54) is 12.1 Å². The van der Waals surface area contributed by atoms with Crippen molar-refractivity contribution in [2.75, 3.05) is 6.61 Å². The van der Waals surface area contributed by atoms with Gasteiger partial charge in [0.05, 0.1) is 0 Å². The first kappa shape index (κ1) is 9.46. The number of fused-ring (bicyclic) bond motifs is 1. The Hall–Kier alpha value is -1.09. The minimum Gasteiger partial charge on any atom is -0.492 e. The van der Waals surface area contributed by atoms with Gasteiger partial charge in [-0.05, 0) is 32.0 Å². The number of nitrogens with one attached hydrogen (secondary N) is 1. The Labute approximate surface area is 83.1 Å². The van der Waals surface area contributed by atoms with Gasteiger partial charge in [-0.15, -0.1) is 0 Å². The molecule has 2 nitrogen and oxygen atoms in total. The van der Waals surface area contributed by atoms with Crippen molar-refractivity contribution >= 4 is 0 Å². The van der Waals surface area contributed by atoms with Crippen molar-refractivity contribution in [2.24, 2.45) is 0 Å². The summed E-state index contributed by atoms with van der Waals surface area (Å²) in [5.41, 5.74) is 0.898. The lowest BCUT2D eigenvalue weighted by atomic mass is 10.1. The molecule has 14 heavy (non-hydrogen) atoms. The van der Waals surface area contributed by atoms with Crippen LogP contribution in [0.25, 0.3) is 0 Å². The van der Waals surface area contributed by atoms with Crippen LogP contribution < -0.4 is 10.1 Å². The molecular formula is C11H14FNO. The molecule has 76 valence electrons. The van der Waals surface area contributed by atoms with Crippen LogP contribution in [0.3, 0.4) is 0 Å². The fourth-order valence-electron chi connectivity index (χ4n) is 1.77. The summed E-state index contributed by atoms with van der Waals surface area (Å²) in [7, 11) is 0. The number of hydrogen-bond donors (Lipinski definition) is 1. The van der Waals surface area contributed by atoms with Crippen LogP contribution in [0.15, 0.2) is 18.2 Å². The second-order valence-electron chi connectivity index (χ2n) is 3.78. The minimum absolute atomic E-state index is 0.137. The molecule has 0 bridgehead atoms. The van der Waals surface area contributed by atoms with Crippen LogP contribution in [0.1, 0.15) is 25.5 Å². The van der Waals surface area contributed by atoms with Gasteiger partial charge in [0.1, 0.15) is 18.2 Å². The minimum atomic E-state index is -0.212. The molecule has 1 heterocycles. The van der Waals surface area contributed by atoms with Gasteiger partial charge in [0.15, 0.2) is 0 Å². The van der Waals surface area contributed by atoms with Gasteiger partial charge < -0.3 is 10.1 Å². The molecule has 0 fully saturated rings. The van der Waals surface area contributed by atoms with E-state index in [1.54, 1.807) is 6.07 Å². The smallest absolute Gasteiger partial charge is 0.124 e. The summed E-state index contributed by atoms with van der Waals surface area (Å²) in [6.07, 6.45) is 0. The van der Waals surface area contributed by atoms with Gasteiger partial charge in [0.25, 0.3) is 0 Å². The van der Waals surface area contributed by atoms with Crippen LogP contribution in [0, 0.1) is 5.82 Å². The van der Waals surface area contributed by atoms with Crippen LogP contribution in [0.4, 0.5) is 4.39 Å². The Morgan fingerprint density at radius 1 is 1.43 bits per heavy atom. The summed E-state index contributed by atoms with van der Waals surface area (Å²) in [5, 5.41) is 3.33. The van der Waals surface area contributed by atoms with Crippen molar-refractivity contribution in [3.05, 3.63) is 29.6 Å². The molecular weight excluding hydrogens is 181 g/mol. The first-order valence-corrected chi connectivity index (χ1v) is 4.85. The molecule has 2 rings (SSSR count). The fourth-order valence-corrected chi connectivity index (χ4v) is 1.77. The summed E-state index contributed by atoms with van der Waals surface area (Å²) in [4.78, 5) is 0. The van der Waals surface area contributed by atoms with Crippen molar-refractivity contribution < 1.29 is 9.13 Å². The van der Waals surface area contributed by atoms with E-state index in [-0.39, 0.29) is 11.9 Å². The normalized spacial score (nSPS) is 26.2. The monoisotopic (exact) mass is 195 g/mol. The average Bonchev–Trinajstić information content (AvgIpc) is 2.27. The Morgan fingerprint density at radius 2 is 2.21 bits per heavy atom. The molecule has 0 radical (unpaired) electrons. The molecule has 0 spiro atoms. The molecule has 1 aromatic carbocycles. The zero-order valence-corrected chi connectivity index (χ0v) is 8.38. The predicted octanol–water partition coefficient (Wildman–Crippen LogP) is 2.26. The first-order chi connectivity index (χ1) is 6.66. The van der Waals surface area contributed by atoms with Crippen molar-refractivity contribution in [3.63, 3.8) is 0 Å². The Kier molecular flexibility index (Phi) is 2.42. The lowest BCUT2D eigenvalue weighted by molar-refractivity contribution is 0.284. The van der Waals surface area contributed by atoms with E-state index in [4.69, 9.17) is 4.74 Å². The van der Waals surface area contributed by atoms with E-state index >= 15 is 0 Å². The Balaban J connectivity index is 2.39. The maximum atomic E-state index is 13.0. The summed E-state index contributed by atoms with van der Waals surface area (Å²) >= 11 is 0. The van der Waals surface area contributed by atoms with Gasteiger partial charge in [-0.3, -0.25) is 0 Å². The number of benzene rings is 1. The van der Waals surface area contributed by atoms with Crippen LogP contribution >= 0.6 is 0 Å². The molecule has 3 heteroatoms. The Bertz CT molecular complexity index is 340. The number of rotatable bonds is 0. The zero-order chi connectivity index (χ0) is 10.1. The largest absolute Gasteiger partial charge is 0.492 e. The van der Waals surface area contributed by atoms with Crippen molar-refractivity contribution in [3.8, 4) is 5.75 Å².